The molecule has 1 aromatic heterocycles. The molecular weight excluding hydrogens is 539 g/mol. The van der Waals surface area contributed by atoms with Crippen LogP contribution in [0.1, 0.15) is 42.1 Å². The number of sulfonamides is 1. The lowest BCUT2D eigenvalue weighted by Crippen LogP contribution is -2.41. The lowest BCUT2D eigenvalue weighted by Gasteiger charge is -2.32. The highest BCUT2D eigenvalue weighted by atomic mass is 32.2. The number of ether oxygens (including phenoxy) is 1. The number of benzene rings is 3. The molecule has 3 aromatic carbocycles. The molecule has 1 atom stereocenters. The molecule has 39 heavy (non-hydrogen) atoms. The fraction of sp³-hybridized carbons (Fsp3) is 0.250. The minimum atomic E-state index is -3.68. The highest BCUT2D eigenvalue weighted by Crippen LogP contribution is 2.31. The molecule has 8 nitrogen and oxygen atoms in total. The Kier molecular flexibility index (Phi) is 7.74. The molecule has 1 fully saturated rings. The van der Waals surface area contributed by atoms with Gasteiger partial charge in [0.25, 0.3) is 5.91 Å². The Labute approximate surface area is 230 Å². The van der Waals surface area contributed by atoms with Crippen LogP contribution in [0.5, 0.6) is 5.75 Å². The summed E-state index contributed by atoms with van der Waals surface area (Å²) in [6.45, 7) is 2.40. The number of amides is 1. The Morgan fingerprint density at radius 1 is 1.13 bits per heavy atom. The molecule has 5 rings (SSSR count). The van der Waals surface area contributed by atoms with Crippen LogP contribution in [0.2, 0.25) is 0 Å². The van der Waals surface area contributed by atoms with Crippen LogP contribution < -0.4 is 9.75 Å². The van der Waals surface area contributed by atoms with Crippen molar-refractivity contribution < 1.29 is 22.3 Å². The van der Waals surface area contributed by atoms with Gasteiger partial charge in [0.15, 0.2) is 0 Å². The second-order valence-electron chi connectivity index (χ2n) is 9.23. The largest absolute Gasteiger partial charge is 0.497 e. The smallest absolute Gasteiger partial charge is 0.280 e. The van der Waals surface area contributed by atoms with Crippen LogP contribution in [0.25, 0.3) is 10.2 Å². The average Bonchev–Trinajstić information content (AvgIpc) is 3.36. The Morgan fingerprint density at radius 2 is 1.87 bits per heavy atom. The lowest BCUT2D eigenvalue weighted by molar-refractivity contribution is 0.0987. The van der Waals surface area contributed by atoms with Crippen LogP contribution >= 0.6 is 11.3 Å². The van der Waals surface area contributed by atoms with Gasteiger partial charge < -0.3 is 4.74 Å². The number of aromatic nitrogens is 1. The third-order valence-corrected chi connectivity index (χ3v) is 9.62. The second-order valence-corrected chi connectivity index (χ2v) is 12.1. The van der Waals surface area contributed by atoms with E-state index in [0.29, 0.717) is 22.5 Å². The molecule has 1 unspecified atom stereocenters. The number of piperidine rings is 1. The number of methoxy groups -OCH3 is 1. The molecule has 0 spiro atoms. The van der Waals surface area contributed by atoms with Crippen molar-refractivity contribution in [3.63, 3.8) is 0 Å². The number of carbonyl (C=O) groups is 1. The fourth-order valence-corrected chi connectivity index (χ4v) is 7.08. The maximum absolute atomic E-state index is 13.8. The van der Waals surface area contributed by atoms with Crippen molar-refractivity contribution in [2.45, 2.75) is 37.1 Å². The average molecular weight is 567 g/mol. The predicted octanol–water partition coefficient (Wildman–Crippen LogP) is 5.69. The molecule has 0 bridgehead atoms. The summed E-state index contributed by atoms with van der Waals surface area (Å²) in [5.74, 6) is -0.228. The zero-order chi connectivity index (χ0) is 27.6. The molecule has 2 heterocycles. The summed E-state index contributed by atoms with van der Waals surface area (Å²) in [6, 6.07) is 17.1. The molecule has 1 aliphatic rings. The fourth-order valence-electron chi connectivity index (χ4n) is 4.44. The number of halogens is 1. The number of nitrogens with zero attached hydrogens (tertiary/aromatic N) is 4. The Balaban J connectivity index is 1.47. The van der Waals surface area contributed by atoms with Crippen molar-refractivity contribution in [2.75, 3.05) is 18.7 Å². The van der Waals surface area contributed by atoms with E-state index in [4.69, 9.17) is 4.74 Å². The number of carbonyl (C=O) groups excluding carboxylic acids is 1. The molecular formula is C28H27FN4O4S2. The highest BCUT2D eigenvalue weighted by Gasteiger charge is 2.31. The van der Waals surface area contributed by atoms with E-state index >= 15 is 0 Å². The summed E-state index contributed by atoms with van der Waals surface area (Å²) in [4.78, 5) is 18.3. The summed E-state index contributed by atoms with van der Waals surface area (Å²) in [5.41, 5.74) is 1.49. The van der Waals surface area contributed by atoms with E-state index in [1.165, 1.54) is 46.9 Å². The van der Waals surface area contributed by atoms with Gasteiger partial charge in [-0.3, -0.25) is 4.79 Å². The zero-order valence-corrected chi connectivity index (χ0v) is 23.1. The number of fused-ring (bicyclic) bond motifs is 1. The molecule has 0 radical (unpaired) electrons. The molecule has 11 heteroatoms. The van der Waals surface area contributed by atoms with Crippen molar-refractivity contribution in [1.82, 2.24) is 9.29 Å². The standard InChI is InChI=1S/C28H27FN4O4S2/c1-19-5-3-4-16-32(19)39(35,36)24-13-8-21(9-14-24)27(34)33(30-18-20-6-11-23(37-2)12-7-20)28-31-25-15-10-22(29)17-26(25)38-28/h6-15,17-19H,3-5,16H2,1-2H3/b30-18+. The van der Waals surface area contributed by atoms with E-state index in [2.05, 4.69) is 10.1 Å². The molecule has 0 aliphatic carbocycles. The van der Waals surface area contributed by atoms with E-state index in [0.717, 1.165) is 41.2 Å². The Hall–Kier alpha value is -3.67. The topological polar surface area (TPSA) is 92.2 Å². The van der Waals surface area contributed by atoms with Gasteiger partial charge in [-0.1, -0.05) is 17.8 Å². The molecule has 1 saturated heterocycles. The predicted molar refractivity (Wildman–Crippen MR) is 151 cm³/mol. The SMILES string of the molecule is COc1ccc(/C=N/N(C(=O)c2ccc(S(=O)(=O)N3CCCCC3C)cc2)c2nc3ccc(F)cc3s2)cc1. The van der Waals surface area contributed by atoms with Gasteiger partial charge in [-0.2, -0.15) is 14.4 Å². The maximum atomic E-state index is 13.8. The van der Waals surface area contributed by atoms with Gasteiger partial charge in [-0.15, -0.1) is 0 Å². The lowest BCUT2D eigenvalue weighted by atomic mass is 10.1. The zero-order valence-electron chi connectivity index (χ0n) is 21.5. The number of anilines is 1. The quantitative estimate of drug-likeness (QED) is 0.212. The van der Waals surface area contributed by atoms with E-state index in [9.17, 15) is 17.6 Å². The third kappa shape index (κ3) is 5.70. The van der Waals surface area contributed by atoms with Gasteiger partial charge in [0, 0.05) is 18.2 Å². The van der Waals surface area contributed by atoms with Crippen molar-refractivity contribution in [3.8, 4) is 5.75 Å². The van der Waals surface area contributed by atoms with E-state index in [-0.39, 0.29) is 21.6 Å². The first-order valence-corrected chi connectivity index (χ1v) is 14.7. The first-order chi connectivity index (χ1) is 18.8. The molecule has 202 valence electrons. The summed E-state index contributed by atoms with van der Waals surface area (Å²) in [6.07, 6.45) is 4.17. The number of thiazole rings is 1. The minimum absolute atomic E-state index is 0.0725. The van der Waals surface area contributed by atoms with Gasteiger partial charge in [0.2, 0.25) is 15.2 Å². The van der Waals surface area contributed by atoms with Crippen LogP contribution in [0, 0.1) is 5.82 Å². The molecule has 0 saturated carbocycles. The van der Waals surface area contributed by atoms with Crippen molar-refractivity contribution in [1.29, 1.82) is 0 Å². The first-order valence-electron chi connectivity index (χ1n) is 12.5. The van der Waals surface area contributed by atoms with Gasteiger partial charge in [-0.25, -0.2) is 17.8 Å². The van der Waals surface area contributed by atoms with Gasteiger partial charge in [-0.05, 0) is 92.1 Å². The monoisotopic (exact) mass is 566 g/mol. The van der Waals surface area contributed by atoms with Gasteiger partial charge >= 0.3 is 0 Å². The third-order valence-electron chi connectivity index (χ3n) is 6.60. The highest BCUT2D eigenvalue weighted by molar-refractivity contribution is 7.89. The van der Waals surface area contributed by atoms with Crippen molar-refractivity contribution in [3.05, 3.63) is 83.7 Å². The number of rotatable bonds is 7. The Morgan fingerprint density at radius 3 is 2.56 bits per heavy atom. The van der Waals surface area contributed by atoms with Crippen LogP contribution in [-0.4, -0.2) is 49.5 Å². The number of hydrazone groups is 1. The maximum Gasteiger partial charge on any atom is 0.280 e. The normalized spacial score (nSPS) is 16.5. The molecule has 1 amide bonds. The first kappa shape index (κ1) is 26.9. The van der Waals surface area contributed by atoms with Crippen LogP contribution in [0.3, 0.4) is 0 Å². The molecule has 1 aliphatic heterocycles. The summed E-state index contributed by atoms with van der Waals surface area (Å²) in [7, 11) is -2.10. The van der Waals surface area contributed by atoms with E-state index in [1.807, 2.05) is 6.92 Å². The second kappa shape index (κ2) is 11.2. The number of hydrogen-bond acceptors (Lipinski definition) is 7. The summed E-state index contributed by atoms with van der Waals surface area (Å²) in [5, 5.41) is 5.81. The molecule has 4 aromatic rings. The van der Waals surface area contributed by atoms with Gasteiger partial charge in [0.05, 0.1) is 28.4 Å². The van der Waals surface area contributed by atoms with Crippen LogP contribution in [-0.2, 0) is 10.0 Å². The molecule has 0 N–H and O–H groups in total. The number of hydrogen-bond donors (Lipinski definition) is 0. The Bertz CT molecular complexity index is 1620. The van der Waals surface area contributed by atoms with Crippen LogP contribution in [0.15, 0.2) is 76.7 Å². The van der Waals surface area contributed by atoms with Crippen LogP contribution in [0.4, 0.5) is 9.52 Å². The van der Waals surface area contributed by atoms with E-state index in [1.54, 1.807) is 37.4 Å². The van der Waals surface area contributed by atoms with Gasteiger partial charge in [0.1, 0.15) is 11.6 Å². The summed E-state index contributed by atoms with van der Waals surface area (Å²) < 4.78 is 47.5. The van der Waals surface area contributed by atoms with Crippen molar-refractivity contribution in [2.24, 2.45) is 5.10 Å². The summed E-state index contributed by atoms with van der Waals surface area (Å²) >= 11 is 1.13. The van der Waals surface area contributed by atoms with E-state index < -0.39 is 21.7 Å². The minimum Gasteiger partial charge on any atom is -0.497 e. The van der Waals surface area contributed by atoms with Crippen molar-refractivity contribution >= 4 is 48.8 Å².